The standard InChI is InChI=1S/C23H35N5O/c1-3-24-23(25-15-19(2)17-29-18-20-9-5-4-6-10-20)26-16-21-13-14-28(27-21)22-11-7-8-12-22/h4-6,9-10,13-14,19,22H,3,7-8,11-12,15-18H2,1-2H3,(H2,24,25,26). The minimum absolute atomic E-state index is 0.393. The maximum atomic E-state index is 5.84. The fourth-order valence-corrected chi connectivity index (χ4v) is 3.62. The van der Waals surface area contributed by atoms with Crippen LogP contribution in [0.1, 0.15) is 56.8 Å². The van der Waals surface area contributed by atoms with Crippen LogP contribution in [0, 0.1) is 5.92 Å². The molecule has 0 bridgehead atoms. The van der Waals surface area contributed by atoms with Crippen molar-refractivity contribution in [3.8, 4) is 0 Å². The molecule has 0 saturated heterocycles. The van der Waals surface area contributed by atoms with E-state index in [4.69, 9.17) is 14.8 Å². The number of aliphatic imine (C=N–C) groups is 1. The van der Waals surface area contributed by atoms with Gasteiger partial charge in [0, 0.05) is 19.3 Å². The number of guanidine groups is 1. The Labute approximate surface area is 174 Å². The van der Waals surface area contributed by atoms with Gasteiger partial charge in [-0.2, -0.15) is 5.10 Å². The van der Waals surface area contributed by atoms with Crippen LogP contribution in [0.25, 0.3) is 0 Å². The molecule has 29 heavy (non-hydrogen) atoms. The largest absolute Gasteiger partial charge is 0.376 e. The summed E-state index contributed by atoms with van der Waals surface area (Å²) in [5, 5.41) is 11.5. The summed E-state index contributed by atoms with van der Waals surface area (Å²) < 4.78 is 7.97. The molecule has 6 heteroatoms. The van der Waals surface area contributed by atoms with Gasteiger partial charge in [0.2, 0.25) is 0 Å². The highest BCUT2D eigenvalue weighted by Gasteiger charge is 2.17. The van der Waals surface area contributed by atoms with Crippen molar-refractivity contribution in [1.82, 2.24) is 20.4 Å². The van der Waals surface area contributed by atoms with E-state index in [0.717, 1.165) is 24.7 Å². The first kappa shape index (κ1) is 21.4. The van der Waals surface area contributed by atoms with Crippen molar-refractivity contribution in [2.24, 2.45) is 10.9 Å². The Bertz CT molecular complexity index is 737. The fourth-order valence-electron chi connectivity index (χ4n) is 3.62. The molecule has 1 unspecified atom stereocenters. The van der Waals surface area contributed by atoms with Crippen molar-refractivity contribution in [3.63, 3.8) is 0 Å². The van der Waals surface area contributed by atoms with Crippen molar-refractivity contribution < 1.29 is 4.74 Å². The Balaban J connectivity index is 1.41. The van der Waals surface area contributed by atoms with E-state index < -0.39 is 0 Å². The Kier molecular flexibility index (Phi) is 8.56. The predicted octanol–water partition coefficient (Wildman–Crippen LogP) is 3.91. The summed E-state index contributed by atoms with van der Waals surface area (Å²) in [6, 6.07) is 13.0. The van der Waals surface area contributed by atoms with Gasteiger partial charge in [-0.3, -0.25) is 4.68 Å². The van der Waals surface area contributed by atoms with Crippen LogP contribution >= 0.6 is 0 Å². The third-order valence-electron chi connectivity index (χ3n) is 5.24. The normalized spacial score (nSPS) is 16.1. The molecule has 6 nitrogen and oxygen atoms in total. The van der Waals surface area contributed by atoms with Gasteiger partial charge >= 0.3 is 0 Å². The van der Waals surface area contributed by atoms with Gasteiger partial charge in [0.25, 0.3) is 0 Å². The lowest BCUT2D eigenvalue weighted by Gasteiger charge is -2.16. The van der Waals surface area contributed by atoms with E-state index in [1.165, 1.54) is 31.2 Å². The van der Waals surface area contributed by atoms with Gasteiger partial charge < -0.3 is 15.4 Å². The molecule has 1 aromatic carbocycles. The van der Waals surface area contributed by atoms with Crippen molar-refractivity contribution >= 4 is 5.96 Å². The fraction of sp³-hybridized carbons (Fsp3) is 0.565. The molecule has 0 radical (unpaired) electrons. The van der Waals surface area contributed by atoms with Crippen LogP contribution in [0.4, 0.5) is 0 Å². The van der Waals surface area contributed by atoms with Gasteiger partial charge in [0.15, 0.2) is 5.96 Å². The summed E-state index contributed by atoms with van der Waals surface area (Å²) in [4.78, 5) is 4.70. The van der Waals surface area contributed by atoms with Crippen LogP contribution in [0.2, 0.25) is 0 Å². The summed E-state index contributed by atoms with van der Waals surface area (Å²) in [6.45, 7) is 7.88. The molecule has 2 aromatic rings. The number of aromatic nitrogens is 2. The predicted molar refractivity (Wildman–Crippen MR) is 118 cm³/mol. The first-order chi connectivity index (χ1) is 14.2. The summed E-state index contributed by atoms with van der Waals surface area (Å²) in [7, 11) is 0. The number of rotatable bonds is 10. The zero-order chi connectivity index (χ0) is 20.3. The Morgan fingerprint density at radius 1 is 1.21 bits per heavy atom. The van der Waals surface area contributed by atoms with E-state index in [9.17, 15) is 0 Å². The molecule has 1 heterocycles. The maximum absolute atomic E-state index is 5.84. The minimum atomic E-state index is 0.393. The smallest absolute Gasteiger partial charge is 0.191 e. The highest BCUT2D eigenvalue weighted by Crippen LogP contribution is 2.28. The number of benzene rings is 1. The molecular formula is C23H35N5O. The molecule has 0 spiro atoms. The lowest BCUT2D eigenvalue weighted by atomic mass is 10.2. The van der Waals surface area contributed by atoms with Crippen molar-refractivity contribution in [2.45, 2.75) is 58.7 Å². The van der Waals surface area contributed by atoms with Crippen LogP contribution in [0.5, 0.6) is 0 Å². The molecule has 0 aliphatic heterocycles. The molecule has 0 amide bonds. The lowest BCUT2D eigenvalue weighted by Crippen LogP contribution is -2.40. The average Bonchev–Trinajstić information content (AvgIpc) is 3.42. The van der Waals surface area contributed by atoms with Gasteiger partial charge in [0.05, 0.1) is 31.5 Å². The van der Waals surface area contributed by atoms with Crippen LogP contribution in [0.3, 0.4) is 0 Å². The minimum Gasteiger partial charge on any atom is -0.376 e. The molecule has 1 aromatic heterocycles. The molecule has 2 N–H and O–H groups in total. The molecule has 1 atom stereocenters. The van der Waals surface area contributed by atoms with E-state index >= 15 is 0 Å². The quantitative estimate of drug-likeness (QED) is 0.471. The van der Waals surface area contributed by atoms with Gasteiger partial charge in [0.1, 0.15) is 0 Å². The van der Waals surface area contributed by atoms with Crippen LogP contribution < -0.4 is 10.6 Å². The maximum Gasteiger partial charge on any atom is 0.191 e. The first-order valence-corrected chi connectivity index (χ1v) is 10.9. The van der Waals surface area contributed by atoms with Crippen molar-refractivity contribution in [3.05, 3.63) is 53.9 Å². The first-order valence-electron chi connectivity index (χ1n) is 10.9. The zero-order valence-corrected chi connectivity index (χ0v) is 17.8. The zero-order valence-electron chi connectivity index (χ0n) is 17.8. The summed E-state index contributed by atoms with van der Waals surface area (Å²) >= 11 is 0. The second-order valence-corrected chi connectivity index (χ2v) is 7.91. The number of nitrogens with one attached hydrogen (secondary N) is 2. The second kappa shape index (κ2) is 11.6. The van der Waals surface area contributed by atoms with E-state index in [-0.39, 0.29) is 0 Å². The van der Waals surface area contributed by atoms with Gasteiger partial charge in [-0.25, -0.2) is 4.99 Å². The monoisotopic (exact) mass is 397 g/mol. The van der Waals surface area contributed by atoms with Crippen molar-refractivity contribution in [2.75, 3.05) is 19.7 Å². The topological polar surface area (TPSA) is 63.5 Å². The SMILES string of the molecule is CCNC(=NCc1ccn(C2CCCC2)n1)NCC(C)COCc1ccccc1. The third kappa shape index (κ3) is 7.20. The van der Waals surface area contributed by atoms with Gasteiger partial charge in [-0.1, -0.05) is 50.1 Å². The Morgan fingerprint density at radius 3 is 2.76 bits per heavy atom. The molecular weight excluding hydrogens is 362 g/mol. The highest BCUT2D eigenvalue weighted by molar-refractivity contribution is 5.79. The summed E-state index contributed by atoms with van der Waals surface area (Å²) in [5.74, 6) is 1.22. The third-order valence-corrected chi connectivity index (χ3v) is 5.24. The van der Waals surface area contributed by atoms with Gasteiger partial charge in [-0.05, 0) is 37.3 Å². The Hall–Kier alpha value is -2.34. The van der Waals surface area contributed by atoms with Crippen LogP contribution in [-0.4, -0.2) is 35.4 Å². The molecule has 3 rings (SSSR count). The highest BCUT2D eigenvalue weighted by atomic mass is 16.5. The van der Waals surface area contributed by atoms with Crippen LogP contribution in [0.15, 0.2) is 47.6 Å². The molecule has 1 aliphatic carbocycles. The van der Waals surface area contributed by atoms with Crippen molar-refractivity contribution in [1.29, 1.82) is 0 Å². The van der Waals surface area contributed by atoms with E-state index in [2.05, 4.69) is 53.6 Å². The van der Waals surface area contributed by atoms with Crippen LogP contribution in [-0.2, 0) is 17.9 Å². The second-order valence-electron chi connectivity index (χ2n) is 7.91. The summed E-state index contributed by atoms with van der Waals surface area (Å²) in [5.41, 5.74) is 2.23. The number of ether oxygens (including phenoxy) is 1. The van der Waals surface area contributed by atoms with E-state index in [1.54, 1.807) is 0 Å². The average molecular weight is 398 g/mol. The number of hydrogen-bond acceptors (Lipinski definition) is 3. The van der Waals surface area contributed by atoms with E-state index in [1.807, 2.05) is 18.2 Å². The molecule has 1 saturated carbocycles. The lowest BCUT2D eigenvalue weighted by molar-refractivity contribution is 0.0931. The van der Waals surface area contributed by atoms with Gasteiger partial charge in [-0.15, -0.1) is 0 Å². The molecule has 158 valence electrons. The molecule has 1 fully saturated rings. The molecule has 1 aliphatic rings. The summed E-state index contributed by atoms with van der Waals surface area (Å²) in [6.07, 6.45) is 7.24. The van der Waals surface area contributed by atoms with E-state index in [0.29, 0.717) is 31.7 Å². The Morgan fingerprint density at radius 2 is 2.00 bits per heavy atom. The number of nitrogens with zero attached hydrogens (tertiary/aromatic N) is 3. The number of hydrogen-bond donors (Lipinski definition) is 2.